The number of nitrogens with zero attached hydrogens (tertiary/aromatic N) is 1. The first-order valence-electron chi connectivity index (χ1n) is 5.71. The zero-order chi connectivity index (χ0) is 14.2. The van der Waals surface area contributed by atoms with E-state index in [9.17, 15) is 14.4 Å². The maximum absolute atomic E-state index is 11.9. The Hall–Kier alpha value is -1.39. The molecule has 1 aromatic rings. The van der Waals surface area contributed by atoms with Gasteiger partial charge in [0.2, 0.25) is 11.1 Å². The molecular weight excluding hydrogens is 289 g/mol. The second-order valence-electron chi connectivity index (χ2n) is 4.43. The number of rotatable bonds is 3. The number of carbonyl (C=O) groups is 3. The molecule has 1 aliphatic heterocycles. The summed E-state index contributed by atoms with van der Waals surface area (Å²) in [6.45, 7) is 1.95. The van der Waals surface area contributed by atoms with Crippen LogP contribution in [-0.2, 0) is 9.59 Å². The van der Waals surface area contributed by atoms with Crippen molar-refractivity contribution >= 4 is 45.3 Å². The van der Waals surface area contributed by atoms with Crippen molar-refractivity contribution in [3.05, 3.63) is 29.3 Å². The van der Waals surface area contributed by atoms with Crippen molar-refractivity contribution in [1.29, 1.82) is 0 Å². The molecular formula is C13H11Cl2NO3. The Labute approximate surface area is 120 Å². The lowest BCUT2D eigenvalue weighted by Gasteiger charge is -2.19. The molecule has 0 unspecified atom stereocenters. The largest absolute Gasteiger partial charge is 0.311 e. The molecule has 19 heavy (non-hydrogen) atoms. The van der Waals surface area contributed by atoms with Crippen molar-refractivity contribution in [2.75, 3.05) is 11.4 Å². The van der Waals surface area contributed by atoms with Crippen molar-refractivity contribution in [2.45, 2.75) is 13.3 Å². The van der Waals surface area contributed by atoms with E-state index < -0.39 is 16.4 Å². The summed E-state index contributed by atoms with van der Waals surface area (Å²) in [6.07, 6.45) is 0.0980. The third-order valence-electron chi connectivity index (χ3n) is 3.25. The molecule has 1 amide bonds. The lowest BCUT2D eigenvalue weighted by atomic mass is 10.1. The normalized spacial score (nSPS) is 18.8. The van der Waals surface area contributed by atoms with Crippen LogP contribution in [0.2, 0.25) is 0 Å². The van der Waals surface area contributed by atoms with Gasteiger partial charge in [-0.15, -0.1) is 0 Å². The molecule has 0 aliphatic carbocycles. The molecule has 1 aromatic carbocycles. The van der Waals surface area contributed by atoms with E-state index >= 15 is 0 Å². The second kappa shape index (κ2) is 5.31. The Kier molecular flexibility index (Phi) is 3.92. The van der Waals surface area contributed by atoms with Gasteiger partial charge < -0.3 is 4.90 Å². The highest BCUT2D eigenvalue weighted by atomic mass is 35.5. The minimum absolute atomic E-state index is 0.0980. The van der Waals surface area contributed by atoms with Gasteiger partial charge in [-0.05, 0) is 47.8 Å². The van der Waals surface area contributed by atoms with Gasteiger partial charge in [0, 0.05) is 24.2 Å². The summed E-state index contributed by atoms with van der Waals surface area (Å²) >= 11 is 10.9. The Morgan fingerprint density at radius 3 is 2.53 bits per heavy atom. The number of hydrogen-bond donors (Lipinski definition) is 0. The van der Waals surface area contributed by atoms with E-state index in [1.165, 1.54) is 4.90 Å². The average Bonchev–Trinajstić information content (AvgIpc) is 2.71. The average molecular weight is 300 g/mol. The van der Waals surface area contributed by atoms with Crippen molar-refractivity contribution in [3.8, 4) is 0 Å². The first-order chi connectivity index (χ1) is 8.91. The first kappa shape index (κ1) is 14.0. The Morgan fingerprint density at radius 2 is 2.00 bits per heavy atom. The number of benzene rings is 1. The molecule has 100 valence electrons. The van der Waals surface area contributed by atoms with E-state index in [4.69, 9.17) is 23.2 Å². The van der Waals surface area contributed by atoms with Gasteiger partial charge in [0.25, 0.3) is 5.24 Å². The number of halogens is 2. The summed E-state index contributed by atoms with van der Waals surface area (Å²) in [4.78, 5) is 35.8. The smallest absolute Gasteiger partial charge is 0.252 e. The fraction of sp³-hybridized carbons (Fsp3) is 0.308. The predicted octanol–water partition coefficient (Wildman–Crippen LogP) is 2.49. The topological polar surface area (TPSA) is 54.5 Å². The van der Waals surface area contributed by atoms with E-state index in [1.807, 2.05) is 0 Å². The van der Waals surface area contributed by atoms with Gasteiger partial charge in [0.1, 0.15) is 0 Å². The second-order valence-corrected chi connectivity index (χ2v) is 5.15. The van der Waals surface area contributed by atoms with E-state index in [-0.39, 0.29) is 18.9 Å². The number of carbonyl (C=O) groups excluding carboxylic acids is 3. The third kappa shape index (κ3) is 2.65. The number of anilines is 1. The van der Waals surface area contributed by atoms with Gasteiger partial charge in [0.05, 0.1) is 5.92 Å². The van der Waals surface area contributed by atoms with Gasteiger partial charge in [0.15, 0.2) is 0 Å². The molecule has 4 nitrogen and oxygen atoms in total. The maximum Gasteiger partial charge on any atom is 0.252 e. The fourth-order valence-electron chi connectivity index (χ4n) is 2.22. The molecule has 2 rings (SSSR count). The monoisotopic (exact) mass is 299 g/mol. The molecule has 0 spiro atoms. The van der Waals surface area contributed by atoms with Crippen LogP contribution in [0.1, 0.15) is 22.3 Å². The van der Waals surface area contributed by atoms with E-state index in [0.29, 0.717) is 16.8 Å². The van der Waals surface area contributed by atoms with Gasteiger partial charge in [-0.3, -0.25) is 14.4 Å². The fourth-order valence-corrected chi connectivity index (χ4v) is 2.57. The van der Waals surface area contributed by atoms with E-state index in [0.717, 1.165) is 0 Å². The quantitative estimate of drug-likeness (QED) is 0.806. The van der Waals surface area contributed by atoms with Crippen LogP contribution in [0.25, 0.3) is 0 Å². The molecule has 0 N–H and O–H groups in total. The number of hydrogen-bond acceptors (Lipinski definition) is 3. The van der Waals surface area contributed by atoms with Crippen LogP contribution >= 0.6 is 23.2 Å². The van der Waals surface area contributed by atoms with Crippen molar-refractivity contribution in [2.24, 2.45) is 5.92 Å². The molecule has 1 atom stereocenters. The highest BCUT2D eigenvalue weighted by molar-refractivity contribution is 6.68. The Bertz CT molecular complexity index is 571. The first-order valence-corrected chi connectivity index (χ1v) is 6.46. The summed E-state index contributed by atoms with van der Waals surface area (Å²) < 4.78 is 0. The molecule has 1 fully saturated rings. The van der Waals surface area contributed by atoms with Crippen molar-refractivity contribution in [1.82, 2.24) is 0 Å². The number of amides is 1. The highest BCUT2D eigenvalue weighted by Crippen LogP contribution is 2.30. The van der Waals surface area contributed by atoms with Crippen LogP contribution in [0.15, 0.2) is 18.2 Å². The maximum atomic E-state index is 11.9. The van der Waals surface area contributed by atoms with Crippen LogP contribution in [-0.4, -0.2) is 22.9 Å². The minimum Gasteiger partial charge on any atom is -0.311 e. The van der Waals surface area contributed by atoms with Gasteiger partial charge in [-0.1, -0.05) is 6.07 Å². The molecule has 0 radical (unpaired) electrons. The van der Waals surface area contributed by atoms with Crippen LogP contribution in [0.5, 0.6) is 0 Å². The van der Waals surface area contributed by atoms with Gasteiger partial charge in [-0.2, -0.15) is 0 Å². The lowest BCUT2D eigenvalue weighted by molar-refractivity contribution is -0.120. The SMILES string of the molecule is Cc1c(C(=O)Cl)cccc1N1C[C@@H](C(=O)Cl)CC1=O. The van der Waals surface area contributed by atoms with Crippen LogP contribution in [0.3, 0.4) is 0 Å². The summed E-state index contributed by atoms with van der Waals surface area (Å²) in [5, 5.41) is -1.09. The molecule has 0 bridgehead atoms. The minimum atomic E-state index is -0.573. The Morgan fingerprint density at radius 1 is 1.32 bits per heavy atom. The van der Waals surface area contributed by atoms with Gasteiger partial charge >= 0.3 is 0 Å². The lowest BCUT2D eigenvalue weighted by Crippen LogP contribution is -2.26. The van der Waals surface area contributed by atoms with Crippen molar-refractivity contribution in [3.63, 3.8) is 0 Å². The molecule has 0 aromatic heterocycles. The van der Waals surface area contributed by atoms with E-state index in [2.05, 4.69) is 0 Å². The molecule has 1 saturated heterocycles. The van der Waals surface area contributed by atoms with Crippen LogP contribution < -0.4 is 4.90 Å². The predicted molar refractivity (Wildman–Crippen MR) is 72.7 cm³/mol. The van der Waals surface area contributed by atoms with Gasteiger partial charge in [-0.25, -0.2) is 0 Å². The molecule has 1 heterocycles. The summed E-state index contributed by atoms with van der Waals surface area (Å²) in [7, 11) is 0. The summed E-state index contributed by atoms with van der Waals surface area (Å²) in [5.41, 5.74) is 1.57. The summed E-state index contributed by atoms with van der Waals surface area (Å²) in [5.74, 6) is -0.676. The molecule has 0 saturated carbocycles. The molecule has 1 aliphatic rings. The zero-order valence-electron chi connectivity index (χ0n) is 10.2. The Balaban J connectivity index is 2.38. The van der Waals surface area contributed by atoms with E-state index in [1.54, 1.807) is 25.1 Å². The zero-order valence-corrected chi connectivity index (χ0v) is 11.7. The summed E-state index contributed by atoms with van der Waals surface area (Å²) in [6, 6.07) is 4.97. The van der Waals surface area contributed by atoms with Crippen LogP contribution in [0.4, 0.5) is 5.69 Å². The standard InChI is InChI=1S/C13H11Cl2NO3/c1-7-9(13(15)19)3-2-4-10(7)16-6-8(12(14)18)5-11(16)17/h2-4,8H,5-6H2,1H3/t8-/m0/s1. The third-order valence-corrected chi connectivity index (χ3v) is 3.77. The highest BCUT2D eigenvalue weighted by Gasteiger charge is 2.35. The van der Waals surface area contributed by atoms with Crippen LogP contribution in [0, 0.1) is 12.8 Å². The molecule has 6 heteroatoms. The van der Waals surface area contributed by atoms with Crippen molar-refractivity contribution < 1.29 is 14.4 Å².